The van der Waals surface area contributed by atoms with Crippen LogP contribution in [0.4, 0.5) is 4.39 Å². The maximum absolute atomic E-state index is 13.7. The fourth-order valence-corrected chi connectivity index (χ4v) is 5.02. The van der Waals surface area contributed by atoms with Gasteiger partial charge in [0.05, 0.1) is 45.1 Å². The highest BCUT2D eigenvalue weighted by atomic mass is 32.2. The van der Waals surface area contributed by atoms with Gasteiger partial charge in [-0.05, 0) is 42.0 Å². The van der Waals surface area contributed by atoms with Crippen molar-refractivity contribution in [2.75, 3.05) is 46.3 Å². The van der Waals surface area contributed by atoms with E-state index in [1.54, 1.807) is 26.4 Å². The second-order valence-corrected chi connectivity index (χ2v) is 9.66. The molecule has 1 saturated heterocycles. The molecule has 7 nitrogen and oxygen atoms in total. The number of thioether (sulfide) groups is 1. The van der Waals surface area contributed by atoms with Crippen LogP contribution in [0, 0.1) is 5.82 Å². The number of imidazole rings is 1. The Balaban J connectivity index is 1.70. The van der Waals surface area contributed by atoms with Gasteiger partial charge in [0.15, 0.2) is 16.7 Å². The Labute approximate surface area is 209 Å². The molecule has 0 N–H and O–H groups in total. The zero-order chi connectivity index (χ0) is 25.0. The van der Waals surface area contributed by atoms with Gasteiger partial charge in [-0.15, -0.1) is 0 Å². The highest BCUT2D eigenvalue weighted by Gasteiger charge is 2.31. The lowest BCUT2D eigenvalue weighted by atomic mass is 9.81. The van der Waals surface area contributed by atoms with Crippen LogP contribution in [0.25, 0.3) is 5.69 Å². The van der Waals surface area contributed by atoms with E-state index in [9.17, 15) is 9.18 Å². The molecule has 0 aliphatic carbocycles. The SMILES string of the molecule is COc1ccc(C(C)(C)c2cnc(SCC(=O)N3CCOCC3)n2-c2ccc(F)cc2)cc1OC. The third-order valence-corrected chi connectivity index (χ3v) is 7.19. The number of methoxy groups -OCH3 is 2. The van der Waals surface area contributed by atoms with Gasteiger partial charge in [0, 0.05) is 24.2 Å². The second kappa shape index (κ2) is 10.7. The number of morpholine rings is 1. The van der Waals surface area contributed by atoms with Gasteiger partial charge in [0.25, 0.3) is 0 Å². The summed E-state index contributed by atoms with van der Waals surface area (Å²) in [6.07, 6.45) is 1.82. The molecule has 1 aromatic heterocycles. The molecule has 0 unspecified atom stereocenters. The van der Waals surface area contributed by atoms with Crippen LogP contribution in [0.1, 0.15) is 25.1 Å². The zero-order valence-corrected chi connectivity index (χ0v) is 21.2. The molecule has 3 aromatic rings. The van der Waals surface area contributed by atoms with Crippen LogP contribution in [0.2, 0.25) is 0 Å². The van der Waals surface area contributed by atoms with Gasteiger partial charge in [-0.2, -0.15) is 0 Å². The van der Waals surface area contributed by atoms with Crippen molar-refractivity contribution in [3.05, 3.63) is 65.7 Å². The number of ether oxygens (including phenoxy) is 3. The van der Waals surface area contributed by atoms with Crippen LogP contribution in [0.15, 0.2) is 53.8 Å². The quantitative estimate of drug-likeness (QED) is 0.431. The molecule has 0 radical (unpaired) electrons. The summed E-state index contributed by atoms with van der Waals surface area (Å²) < 4.78 is 32.0. The molecule has 1 aliphatic rings. The molecule has 4 rings (SSSR count). The summed E-state index contributed by atoms with van der Waals surface area (Å²) in [6, 6.07) is 12.1. The van der Waals surface area contributed by atoms with Crippen LogP contribution in [0.3, 0.4) is 0 Å². The third-order valence-electron chi connectivity index (χ3n) is 6.25. The summed E-state index contributed by atoms with van der Waals surface area (Å²) in [7, 11) is 3.21. The van der Waals surface area contributed by atoms with Crippen LogP contribution < -0.4 is 9.47 Å². The molecule has 1 amide bonds. The predicted octanol–water partition coefficient (Wildman–Crippen LogP) is 4.31. The van der Waals surface area contributed by atoms with Crippen LogP contribution >= 0.6 is 11.8 Å². The first-order chi connectivity index (χ1) is 16.8. The molecule has 1 aliphatic heterocycles. The predicted molar refractivity (Wildman–Crippen MR) is 133 cm³/mol. The smallest absolute Gasteiger partial charge is 0.233 e. The van der Waals surface area contributed by atoms with Crippen molar-refractivity contribution < 1.29 is 23.4 Å². The molecule has 186 valence electrons. The van der Waals surface area contributed by atoms with Crippen molar-refractivity contribution in [1.82, 2.24) is 14.5 Å². The summed E-state index contributed by atoms with van der Waals surface area (Å²) in [6.45, 7) is 6.51. The first kappa shape index (κ1) is 25.1. The van der Waals surface area contributed by atoms with E-state index in [2.05, 4.69) is 18.8 Å². The van der Waals surface area contributed by atoms with E-state index in [0.29, 0.717) is 43.0 Å². The number of hydrogen-bond acceptors (Lipinski definition) is 6. The van der Waals surface area contributed by atoms with E-state index in [1.165, 1.54) is 23.9 Å². The van der Waals surface area contributed by atoms with Crippen LogP contribution in [0.5, 0.6) is 11.5 Å². The minimum Gasteiger partial charge on any atom is -0.493 e. The summed E-state index contributed by atoms with van der Waals surface area (Å²) in [4.78, 5) is 19.3. The number of halogens is 1. The van der Waals surface area contributed by atoms with Gasteiger partial charge < -0.3 is 19.1 Å². The molecule has 2 heterocycles. The summed E-state index contributed by atoms with van der Waals surface area (Å²) >= 11 is 1.38. The Morgan fingerprint density at radius 1 is 1.09 bits per heavy atom. The Hall–Kier alpha value is -3.04. The number of nitrogens with zero attached hydrogens (tertiary/aromatic N) is 3. The summed E-state index contributed by atoms with van der Waals surface area (Å²) in [5, 5.41) is 0.668. The molecule has 2 aromatic carbocycles. The average molecular weight is 500 g/mol. The van der Waals surface area contributed by atoms with Gasteiger partial charge in [-0.1, -0.05) is 31.7 Å². The Morgan fingerprint density at radius 3 is 2.43 bits per heavy atom. The molecule has 0 bridgehead atoms. The molecule has 0 saturated carbocycles. The number of amides is 1. The maximum atomic E-state index is 13.7. The Kier molecular flexibility index (Phi) is 7.66. The van der Waals surface area contributed by atoms with Gasteiger partial charge in [-0.3, -0.25) is 9.36 Å². The first-order valence-corrected chi connectivity index (χ1v) is 12.4. The van der Waals surface area contributed by atoms with Crippen molar-refractivity contribution >= 4 is 17.7 Å². The van der Waals surface area contributed by atoms with E-state index in [0.717, 1.165) is 16.9 Å². The fraction of sp³-hybridized carbons (Fsp3) is 0.385. The van der Waals surface area contributed by atoms with Crippen molar-refractivity contribution in [3.8, 4) is 17.2 Å². The minimum atomic E-state index is -0.492. The van der Waals surface area contributed by atoms with Crippen molar-refractivity contribution in [3.63, 3.8) is 0 Å². The lowest BCUT2D eigenvalue weighted by Crippen LogP contribution is -2.41. The number of carbonyl (C=O) groups excluding carboxylic acids is 1. The Morgan fingerprint density at radius 2 is 1.77 bits per heavy atom. The Bertz CT molecular complexity index is 1170. The van der Waals surface area contributed by atoms with E-state index >= 15 is 0 Å². The number of benzene rings is 2. The average Bonchev–Trinajstić information content (AvgIpc) is 3.32. The van der Waals surface area contributed by atoms with Crippen molar-refractivity contribution in [2.24, 2.45) is 0 Å². The number of rotatable bonds is 8. The summed E-state index contributed by atoms with van der Waals surface area (Å²) in [5.41, 5.74) is 2.18. The van der Waals surface area contributed by atoms with Gasteiger partial charge in [-0.25, -0.2) is 9.37 Å². The number of hydrogen-bond donors (Lipinski definition) is 0. The molecule has 9 heteroatoms. The molecule has 1 fully saturated rings. The fourth-order valence-electron chi connectivity index (χ4n) is 4.12. The van der Waals surface area contributed by atoms with Crippen LogP contribution in [-0.4, -0.2) is 66.6 Å². The number of carbonyl (C=O) groups is 1. The molecule has 0 atom stereocenters. The largest absolute Gasteiger partial charge is 0.493 e. The van der Waals surface area contributed by atoms with E-state index in [4.69, 9.17) is 14.2 Å². The van der Waals surface area contributed by atoms with E-state index < -0.39 is 5.41 Å². The van der Waals surface area contributed by atoms with Gasteiger partial charge >= 0.3 is 0 Å². The second-order valence-electron chi connectivity index (χ2n) is 8.71. The monoisotopic (exact) mass is 499 g/mol. The van der Waals surface area contributed by atoms with Crippen LogP contribution in [-0.2, 0) is 14.9 Å². The first-order valence-electron chi connectivity index (χ1n) is 11.4. The van der Waals surface area contributed by atoms with E-state index in [-0.39, 0.29) is 17.5 Å². The van der Waals surface area contributed by atoms with Crippen molar-refractivity contribution in [1.29, 1.82) is 0 Å². The minimum absolute atomic E-state index is 0.0488. The molecular formula is C26H30FN3O4S. The lowest BCUT2D eigenvalue weighted by Gasteiger charge is -2.28. The van der Waals surface area contributed by atoms with Gasteiger partial charge in [0.1, 0.15) is 5.82 Å². The zero-order valence-electron chi connectivity index (χ0n) is 20.4. The molecule has 35 heavy (non-hydrogen) atoms. The summed E-state index contributed by atoms with van der Waals surface area (Å²) in [5.74, 6) is 1.28. The highest BCUT2D eigenvalue weighted by molar-refractivity contribution is 7.99. The van der Waals surface area contributed by atoms with E-state index in [1.807, 2.05) is 33.9 Å². The third kappa shape index (κ3) is 5.31. The molecular weight excluding hydrogens is 469 g/mol. The topological polar surface area (TPSA) is 65.8 Å². The van der Waals surface area contributed by atoms with Crippen molar-refractivity contribution in [2.45, 2.75) is 24.4 Å². The number of aromatic nitrogens is 2. The normalized spacial score (nSPS) is 14.1. The standard InChI is InChI=1S/C26H30FN3O4S/c1-26(2,18-5-10-21(32-3)22(15-18)33-4)23-16-28-25(30(23)20-8-6-19(27)7-9-20)35-17-24(31)29-11-13-34-14-12-29/h5-10,15-16H,11-14,17H2,1-4H3. The highest BCUT2D eigenvalue weighted by Crippen LogP contribution is 2.39. The molecule has 0 spiro atoms. The van der Waals surface area contributed by atoms with Gasteiger partial charge in [0.2, 0.25) is 5.91 Å². The lowest BCUT2D eigenvalue weighted by molar-refractivity contribution is -0.132. The maximum Gasteiger partial charge on any atom is 0.233 e.